The number of fused-ring (bicyclic) bond motifs is 1. The molecule has 2 heterocycles. The number of nitrogens with zero attached hydrogens (tertiary/aromatic N) is 1. The molecule has 24 heavy (non-hydrogen) atoms. The Kier molecular flexibility index (Phi) is 6.31. The number of benzene rings is 1. The van der Waals surface area contributed by atoms with Crippen molar-refractivity contribution < 1.29 is 12.8 Å². The summed E-state index contributed by atoms with van der Waals surface area (Å²) in [6, 6.07) is 8.48. The summed E-state index contributed by atoms with van der Waals surface area (Å²) >= 11 is 0. The normalized spacial score (nSPS) is 17.1. The first kappa shape index (κ1) is 19.2. The van der Waals surface area contributed by atoms with Crippen molar-refractivity contribution >= 4 is 33.4 Å². The highest BCUT2D eigenvalue weighted by Gasteiger charge is 2.25. The second kappa shape index (κ2) is 7.87. The van der Waals surface area contributed by atoms with E-state index in [2.05, 4.69) is 18.3 Å². The van der Waals surface area contributed by atoms with E-state index < -0.39 is 10.0 Å². The van der Waals surface area contributed by atoms with Crippen LogP contribution in [0.1, 0.15) is 31.1 Å². The van der Waals surface area contributed by atoms with Gasteiger partial charge in [-0.05, 0) is 18.9 Å². The smallest absolute Gasteiger partial charge is 0.211 e. The molecule has 0 radical (unpaired) electrons. The van der Waals surface area contributed by atoms with Crippen molar-refractivity contribution in [3.05, 3.63) is 35.6 Å². The average Bonchev–Trinajstić information content (AvgIpc) is 2.90. The molecule has 0 amide bonds. The van der Waals surface area contributed by atoms with Crippen LogP contribution in [0.4, 0.5) is 0 Å². The second-order valence-electron chi connectivity index (χ2n) is 6.17. The molecule has 0 saturated carbocycles. The van der Waals surface area contributed by atoms with Crippen LogP contribution in [-0.4, -0.2) is 38.1 Å². The van der Waals surface area contributed by atoms with Crippen molar-refractivity contribution in [2.45, 2.75) is 38.8 Å². The highest BCUT2D eigenvalue weighted by Crippen LogP contribution is 2.26. The molecule has 1 aliphatic heterocycles. The summed E-state index contributed by atoms with van der Waals surface area (Å²) in [7, 11) is -3.06. The van der Waals surface area contributed by atoms with Crippen molar-refractivity contribution in [2.75, 3.05) is 19.3 Å². The molecule has 1 saturated heterocycles. The number of aryl methyl sites for hydroxylation is 1. The van der Waals surface area contributed by atoms with Gasteiger partial charge in [-0.25, -0.2) is 12.7 Å². The van der Waals surface area contributed by atoms with Gasteiger partial charge in [-0.1, -0.05) is 25.1 Å². The number of rotatable bonds is 5. The number of para-hydroxylation sites is 1. The van der Waals surface area contributed by atoms with Crippen molar-refractivity contribution in [3.8, 4) is 0 Å². The summed E-state index contributed by atoms with van der Waals surface area (Å²) in [5, 5.41) is 4.75. The van der Waals surface area contributed by atoms with E-state index in [-0.39, 0.29) is 12.4 Å². The van der Waals surface area contributed by atoms with Crippen LogP contribution in [-0.2, 0) is 23.0 Å². The van der Waals surface area contributed by atoms with Gasteiger partial charge in [-0.2, -0.15) is 0 Å². The van der Waals surface area contributed by atoms with E-state index in [1.165, 1.54) is 17.2 Å². The van der Waals surface area contributed by atoms with E-state index in [1.807, 2.05) is 18.2 Å². The van der Waals surface area contributed by atoms with Gasteiger partial charge in [0.1, 0.15) is 11.3 Å². The van der Waals surface area contributed by atoms with Gasteiger partial charge in [0.15, 0.2) is 0 Å². The van der Waals surface area contributed by atoms with Crippen LogP contribution in [0.15, 0.2) is 28.7 Å². The molecule has 0 unspecified atom stereocenters. The first-order valence-electron chi connectivity index (χ1n) is 8.17. The fraction of sp³-hybridized carbons (Fsp3) is 0.529. The number of furan rings is 1. The fourth-order valence-corrected chi connectivity index (χ4v) is 4.14. The van der Waals surface area contributed by atoms with Crippen LogP contribution in [0, 0.1) is 0 Å². The maximum absolute atomic E-state index is 11.6. The highest BCUT2D eigenvalue weighted by atomic mass is 35.5. The Morgan fingerprint density at radius 1 is 1.25 bits per heavy atom. The topological polar surface area (TPSA) is 62.6 Å². The van der Waals surface area contributed by atoms with Crippen molar-refractivity contribution in [1.29, 1.82) is 0 Å². The minimum Gasteiger partial charge on any atom is -0.461 e. The standard InChI is InChI=1S/C17H24N2O3S.ClH/c1-3-16-15(14-6-4-5-7-17(14)22-16)12-18-13-8-10-19(11-9-13)23(2,20)21;/h4-7,13,18H,3,8-12H2,1-2H3;1H. The lowest BCUT2D eigenvalue weighted by Gasteiger charge is -2.30. The molecule has 3 rings (SSSR count). The quantitative estimate of drug-likeness (QED) is 0.876. The first-order valence-corrected chi connectivity index (χ1v) is 10.0. The van der Waals surface area contributed by atoms with Gasteiger partial charge >= 0.3 is 0 Å². The summed E-state index contributed by atoms with van der Waals surface area (Å²) in [5.41, 5.74) is 2.17. The molecule has 1 N–H and O–H groups in total. The zero-order valence-electron chi connectivity index (χ0n) is 14.1. The summed E-state index contributed by atoms with van der Waals surface area (Å²) in [4.78, 5) is 0. The van der Waals surface area contributed by atoms with E-state index in [4.69, 9.17) is 4.42 Å². The third kappa shape index (κ3) is 4.11. The monoisotopic (exact) mass is 372 g/mol. The van der Waals surface area contributed by atoms with E-state index in [1.54, 1.807) is 4.31 Å². The predicted molar refractivity (Wildman–Crippen MR) is 99.1 cm³/mol. The molecule has 7 heteroatoms. The van der Waals surface area contributed by atoms with Crippen molar-refractivity contribution in [1.82, 2.24) is 9.62 Å². The van der Waals surface area contributed by atoms with Gasteiger partial charge < -0.3 is 9.73 Å². The molecular weight excluding hydrogens is 348 g/mol. The van der Waals surface area contributed by atoms with Gasteiger partial charge in [0.05, 0.1) is 6.26 Å². The van der Waals surface area contributed by atoms with Crippen molar-refractivity contribution in [2.24, 2.45) is 0 Å². The molecule has 5 nitrogen and oxygen atoms in total. The van der Waals surface area contributed by atoms with E-state index in [0.717, 1.165) is 37.2 Å². The molecule has 134 valence electrons. The van der Waals surface area contributed by atoms with E-state index >= 15 is 0 Å². The number of hydrogen-bond acceptors (Lipinski definition) is 4. The summed E-state index contributed by atoms with van der Waals surface area (Å²) in [6.07, 6.45) is 3.86. The number of halogens is 1. The van der Waals surface area contributed by atoms with Crippen LogP contribution in [0.5, 0.6) is 0 Å². The molecule has 0 bridgehead atoms. The van der Waals surface area contributed by atoms with Gasteiger partial charge in [0.25, 0.3) is 0 Å². The zero-order valence-corrected chi connectivity index (χ0v) is 15.8. The second-order valence-corrected chi connectivity index (χ2v) is 8.15. The minimum absolute atomic E-state index is 0. The molecule has 1 aromatic carbocycles. The molecule has 1 aliphatic rings. The van der Waals surface area contributed by atoms with Crippen LogP contribution < -0.4 is 5.32 Å². The molecular formula is C17H25ClN2O3S. The van der Waals surface area contributed by atoms with Gasteiger partial charge in [0, 0.05) is 43.0 Å². The maximum atomic E-state index is 11.6. The van der Waals surface area contributed by atoms with Crippen LogP contribution in [0.3, 0.4) is 0 Å². The Balaban J connectivity index is 0.00000208. The van der Waals surface area contributed by atoms with Gasteiger partial charge in [-0.3, -0.25) is 0 Å². The largest absolute Gasteiger partial charge is 0.461 e. The SMILES string of the molecule is CCc1oc2ccccc2c1CNC1CCN(S(C)(=O)=O)CC1.Cl. The van der Waals surface area contributed by atoms with Crippen LogP contribution in [0.25, 0.3) is 11.0 Å². The Morgan fingerprint density at radius 3 is 2.54 bits per heavy atom. The minimum atomic E-state index is -3.06. The highest BCUT2D eigenvalue weighted by molar-refractivity contribution is 7.88. The molecule has 1 fully saturated rings. The number of sulfonamides is 1. The summed E-state index contributed by atoms with van der Waals surface area (Å²) in [5.74, 6) is 1.03. The molecule has 2 aromatic rings. The Morgan fingerprint density at radius 2 is 1.92 bits per heavy atom. The number of hydrogen-bond donors (Lipinski definition) is 1. The number of piperidine rings is 1. The Labute approximate surface area is 149 Å². The van der Waals surface area contributed by atoms with Crippen molar-refractivity contribution in [3.63, 3.8) is 0 Å². The lowest BCUT2D eigenvalue weighted by Crippen LogP contribution is -2.44. The lowest BCUT2D eigenvalue weighted by molar-refractivity contribution is 0.290. The van der Waals surface area contributed by atoms with E-state index in [0.29, 0.717) is 19.1 Å². The van der Waals surface area contributed by atoms with Crippen LogP contribution in [0.2, 0.25) is 0 Å². The molecule has 0 atom stereocenters. The predicted octanol–water partition coefficient (Wildman–Crippen LogP) is 2.93. The van der Waals surface area contributed by atoms with E-state index in [9.17, 15) is 8.42 Å². The third-order valence-electron chi connectivity index (χ3n) is 4.59. The molecule has 0 aliphatic carbocycles. The Bertz CT molecular complexity index is 780. The first-order chi connectivity index (χ1) is 11.0. The summed E-state index contributed by atoms with van der Waals surface area (Å²) in [6.45, 7) is 4.07. The van der Waals surface area contributed by atoms with Gasteiger partial charge in [-0.15, -0.1) is 12.4 Å². The lowest BCUT2D eigenvalue weighted by atomic mass is 10.0. The average molecular weight is 373 g/mol. The fourth-order valence-electron chi connectivity index (χ4n) is 3.27. The third-order valence-corrected chi connectivity index (χ3v) is 5.90. The van der Waals surface area contributed by atoms with Gasteiger partial charge in [0.2, 0.25) is 10.0 Å². The maximum Gasteiger partial charge on any atom is 0.211 e. The zero-order chi connectivity index (χ0) is 16.4. The molecule has 0 spiro atoms. The number of nitrogens with one attached hydrogen (secondary N) is 1. The summed E-state index contributed by atoms with van der Waals surface area (Å²) < 4.78 is 30.6. The van der Waals surface area contributed by atoms with Crippen LogP contribution >= 0.6 is 12.4 Å². The Hall–Kier alpha value is -1.08. The molecule has 1 aromatic heterocycles.